The monoisotopic (exact) mass is 568 g/mol. The number of rotatable bonds is 7. The molecule has 6 nitrogen and oxygen atoms in total. The summed E-state index contributed by atoms with van der Waals surface area (Å²) in [6.07, 6.45) is 3.67. The van der Waals surface area contributed by atoms with E-state index in [-0.39, 0.29) is 11.5 Å². The molecule has 0 N–H and O–H groups in total. The van der Waals surface area contributed by atoms with Gasteiger partial charge in [-0.25, -0.2) is 4.98 Å². The van der Waals surface area contributed by atoms with Gasteiger partial charge in [0.15, 0.2) is 5.82 Å². The van der Waals surface area contributed by atoms with Crippen molar-refractivity contribution in [2.75, 3.05) is 6.61 Å². The fraction of sp³-hybridized carbons (Fsp3) is 0.194. The molecule has 5 aromatic rings. The van der Waals surface area contributed by atoms with Crippen molar-refractivity contribution in [2.45, 2.75) is 33.6 Å². The number of nitrogens with zero attached hydrogens (tertiary/aromatic N) is 4. The smallest absolute Gasteiger partial charge is 0.282 e. The first kappa shape index (κ1) is 25.7. The van der Waals surface area contributed by atoms with E-state index in [1.54, 1.807) is 12.3 Å². The van der Waals surface area contributed by atoms with Gasteiger partial charge in [0, 0.05) is 21.9 Å². The van der Waals surface area contributed by atoms with E-state index < -0.39 is 0 Å². The van der Waals surface area contributed by atoms with Crippen molar-refractivity contribution >= 4 is 33.0 Å². The van der Waals surface area contributed by atoms with Crippen molar-refractivity contribution in [1.29, 1.82) is 0 Å². The Morgan fingerprint density at radius 3 is 2.63 bits per heavy atom. The first-order valence-electron chi connectivity index (χ1n) is 12.6. The molecule has 0 aliphatic rings. The van der Waals surface area contributed by atoms with Crippen LogP contribution < -0.4 is 10.3 Å². The van der Waals surface area contributed by atoms with Gasteiger partial charge in [-0.1, -0.05) is 48.0 Å². The Labute approximate surface area is 230 Å². The summed E-state index contributed by atoms with van der Waals surface area (Å²) in [6.45, 7) is 8.84. The Morgan fingerprint density at radius 1 is 1.05 bits per heavy atom. The lowest BCUT2D eigenvalue weighted by Crippen LogP contribution is -2.21. The number of halogens is 1. The second-order valence-corrected chi connectivity index (χ2v) is 10.3. The Balaban J connectivity index is 1.71. The second kappa shape index (κ2) is 10.8. The van der Waals surface area contributed by atoms with Crippen LogP contribution in [-0.4, -0.2) is 27.0 Å². The zero-order valence-corrected chi connectivity index (χ0v) is 23.4. The summed E-state index contributed by atoms with van der Waals surface area (Å²) >= 11 is 3.54. The van der Waals surface area contributed by atoms with Crippen LogP contribution in [0.5, 0.6) is 5.75 Å². The Kier molecular flexibility index (Phi) is 7.29. The summed E-state index contributed by atoms with van der Waals surface area (Å²) in [5.74, 6) is 1.58. The predicted octanol–water partition coefficient (Wildman–Crippen LogP) is 7.33. The van der Waals surface area contributed by atoms with Gasteiger partial charge in [0.05, 0.1) is 29.4 Å². The molecule has 0 atom stereocenters. The largest absolute Gasteiger partial charge is 0.494 e. The van der Waals surface area contributed by atoms with Gasteiger partial charge in [-0.05, 0) is 85.5 Å². The number of aryl methyl sites for hydroxylation is 1. The van der Waals surface area contributed by atoms with Crippen molar-refractivity contribution < 1.29 is 4.74 Å². The van der Waals surface area contributed by atoms with Crippen molar-refractivity contribution in [3.8, 4) is 22.8 Å². The van der Waals surface area contributed by atoms with E-state index in [1.807, 2.05) is 85.3 Å². The quantitative estimate of drug-likeness (QED) is 0.193. The second-order valence-electron chi connectivity index (χ2n) is 9.39. The molecule has 0 unspecified atom stereocenters. The zero-order chi connectivity index (χ0) is 26.8. The van der Waals surface area contributed by atoms with E-state index in [1.165, 1.54) is 4.68 Å². The van der Waals surface area contributed by atoms with Crippen LogP contribution in [0.15, 0.2) is 93.4 Å². The van der Waals surface area contributed by atoms with E-state index in [9.17, 15) is 4.79 Å². The molecular formula is C31H29BrN4O2. The molecule has 3 aromatic carbocycles. The van der Waals surface area contributed by atoms with Crippen LogP contribution in [0, 0.1) is 6.92 Å². The number of para-hydroxylation sites is 1. The van der Waals surface area contributed by atoms with Crippen molar-refractivity contribution in [1.82, 2.24) is 14.2 Å². The number of benzene rings is 3. The fourth-order valence-electron chi connectivity index (χ4n) is 4.55. The van der Waals surface area contributed by atoms with Gasteiger partial charge in [0.1, 0.15) is 5.75 Å². The van der Waals surface area contributed by atoms with Crippen LogP contribution in [0.3, 0.4) is 0 Å². The highest BCUT2D eigenvalue weighted by Gasteiger charge is 2.18. The normalized spacial score (nSPS) is 11.6. The van der Waals surface area contributed by atoms with Crippen LogP contribution in [-0.2, 0) is 0 Å². The number of hydrogen-bond donors (Lipinski definition) is 0. The summed E-state index contributed by atoms with van der Waals surface area (Å²) in [6, 6.07) is 23.4. The van der Waals surface area contributed by atoms with Crippen LogP contribution in [0.25, 0.3) is 28.0 Å². The summed E-state index contributed by atoms with van der Waals surface area (Å²) < 4.78 is 10.3. The van der Waals surface area contributed by atoms with Gasteiger partial charge in [-0.3, -0.25) is 4.79 Å². The average Bonchev–Trinajstić information content (AvgIpc) is 3.37. The third-order valence-corrected chi connectivity index (χ3v) is 6.94. The molecular weight excluding hydrogens is 540 g/mol. The molecule has 0 aliphatic carbocycles. The first-order valence-corrected chi connectivity index (χ1v) is 13.4. The first-order chi connectivity index (χ1) is 18.4. The molecule has 0 radical (unpaired) electrons. The highest BCUT2D eigenvalue weighted by molar-refractivity contribution is 9.10. The van der Waals surface area contributed by atoms with E-state index in [0.717, 1.165) is 38.3 Å². The highest BCUT2D eigenvalue weighted by atomic mass is 79.9. The highest BCUT2D eigenvalue weighted by Crippen LogP contribution is 2.34. The summed E-state index contributed by atoms with van der Waals surface area (Å²) in [5.41, 5.74) is 5.10. The number of fused-ring (bicyclic) bond motifs is 1. The van der Waals surface area contributed by atoms with Gasteiger partial charge >= 0.3 is 0 Å². The number of ether oxygens (including phenoxy) is 1. The molecule has 7 heteroatoms. The lowest BCUT2D eigenvalue weighted by molar-refractivity contribution is 0.335. The van der Waals surface area contributed by atoms with Gasteiger partial charge in [-0.15, -0.1) is 0 Å². The van der Waals surface area contributed by atoms with E-state index in [4.69, 9.17) is 14.8 Å². The molecule has 192 valence electrons. The molecule has 0 spiro atoms. The molecule has 0 amide bonds. The van der Waals surface area contributed by atoms with Gasteiger partial charge in [0.25, 0.3) is 5.56 Å². The lowest BCUT2D eigenvalue weighted by Gasteiger charge is -2.18. The van der Waals surface area contributed by atoms with Crippen molar-refractivity contribution in [3.05, 3.63) is 111 Å². The Morgan fingerprint density at radius 2 is 1.87 bits per heavy atom. The van der Waals surface area contributed by atoms with Crippen LogP contribution in [0.1, 0.15) is 43.5 Å². The third-order valence-electron chi connectivity index (χ3n) is 6.45. The minimum Gasteiger partial charge on any atom is -0.494 e. The average molecular weight is 570 g/mol. The van der Waals surface area contributed by atoms with Crippen molar-refractivity contribution in [2.24, 2.45) is 5.10 Å². The van der Waals surface area contributed by atoms with E-state index in [2.05, 4.69) is 35.8 Å². The standard InChI is InChI=1S/C31H29BrN4O2/c1-5-38-29-16-21(4)27(18-26(29)20(2)3)30-34-28-14-7-6-13-25(28)31(37)36(30)33-19-24-12-9-15-35(24)23-11-8-10-22(32)17-23/h6-20H,5H2,1-4H3. The SMILES string of the molecule is CCOc1cc(C)c(-c2nc3ccccc3c(=O)n2N=Cc2cccn2-c2cccc(Br)c2)cc1C(C)C. The summed E-state index contributed by atoms with van der Waals surface area (Å²) in [7, 11) is 0. The fourth-order valence-corrected chi connectivity index (χ4v) is 4.94. The topological polar surface area (TPSA) is 61.4 Å². The molecule has 0 bridgehead atoms. The number of hydrogen-bond acceptors (Lipinski definition) is 4. The zero-order valence-electron chi connectivity index (χ0n) is 21.9. The molecule has 2 heterocycles. The summed E-state index contributed by atoms with van der Waals surface area (Å²) in [4.78, 5) is 18.7. The summed E-state index contributed by atoms with van der Waals surface area (Å²) in [5, 5.41) is 5.23. The van der Waals surface area contributed by atoms with E-state index in [0.29, 0.717) is 23.3 Å². The van der Waals surface area contributed by atoms with E-state index >= 15 is 0 Å². The molecule has 38 heavy (non-hydrogen) atoms. The Bertz CT molecular complexity index is 1720. The predicted molar refractivity (Wildman–Crippen MR) is 158 cm³/mol. The molecule has 0 saturated carbocycles. The molecule has 0 fully saturated rings. The lowest BCUT2D eigenvalue weighted by atomic mass is 9.96. The molecule has 5 rings (SSSR count). The maximum atomic E-state index is 13.8. The Hall–Kier alpha value is -3.97. The van der Waals surface area contributed by atoms with Gasteiger partial charge < -0.3 is 9.30 Å². The molecule has 0 saturated heterocycles. The van der Waals surface area contributed by atoms with Crippen LogP contribution >= 0.6 is 15.9 Å². The van der Waals surface area contributed by atoms with Gasteiger partial charge in [-0.2, -0.15) is 9.78 Å². The van der Waals surface area contributed by atoms with Crippen LogP contribution in [0.4, 0.5) is 0 Å². The maximum Gasteiger partial charge on any atom is 0.282 e. The molecule has 0 aliphatic heterocycles. The minimum atomic E-state index is -0.221. The minimum absolute atomic E-state index is 0.221. The van der Waals surface area contributed by atoms with Crippen molar-refractivity contribution in [3.63, 3.8) is 0 Å². The molecule has 2 aromatic heterocycles. The van der Waals surface area contributed by atoms with Crippen LogP contribution in [0.2, 0.25) is 0 Å². The third kappa shape index (κ3) is 4.94. The van der Waals surface area contributed by atoms with Gasteiger partial charge in [0.2, 0.25) is 0 Å². The number of aromatic nitrogens is 3. The maximum absolute atomic E-state index is 13.8.